The molecule has 0 bridgehead atoms. The summed E-state index contributed by atoms with van der Waals surface area (Å²) >= 11 is 1.81. The van der Waals surface area contributed by atoms with Crippen LogP contribution >= 0.6 is 11.8 Å². The molecule has 0 atom stereocenters. The molecule has 0 fully saturated rings. The predicted octanol–water partition coefficient (Wildman–Crippen LogP) is 4.62. The van der Waals surface area contributed by atoms with Crippen LogP contribution in [0.4, 0.5) is 6.01 Å². The Morgan fingerprint density at radius 1 is 1.00 bits per heavy atom. The van der Waals surface area contributed by atoms with Gasteiger partial charge in [-0.15, -0.1) is 16.9 Å². The van der Waals surface area contributed by atoms with Gasteiger partial charge in [0.05, 0.1) is 6.42 Å². The van der Waals surface area contributed by atoms with Crippen molar-refractivity contribution in [1.82, 2.24) is 10.2 Å². The van der Waals surface area contributed by atoms with E-state index in [9.17, 15) is 9.59 Å². The fourth-order valence-electron chi connectivity index (χ4n) is 2.53. The third-order valence-corrected chi connectivity index (χ3v) is 4.91. The summed E-state index contributed by atoms with van der Waals surface area (Å²) in [5.74, 6) is -0.00353. The molecule has 3 aromatic rings. The van der Waals surface area contributed by atoms with Crippen LogP contribution in [0.2, 0.25) is 0 Å². The van der Waals surface area contributed by atoms with Crippen molar-refractivity contribution in [3.05, 3.63) is 71.1 Å². The van der Waals surface area contributed by atoms with Crippen molar-refractivity contribution in [2.45, 2.75) is 37.3 Å². The Kier molecular flexibility index (Phi) is 6.26. The highest BCUT2D eigenvalue weighted by Gasteiger charge is 2.12. The Balaban J connectivity index is 1.60. The van der Waals surface area contributed by atoms with Gasteiger partial charge in [0.15, 0.2) is 5.78 Å². The summed E-state index contributed by atoms with van der Waals surface area (Å²) in [6, 6.07) is 14.6. The Morgan fingerprint density at radius 3 is 2.25 bits per heavy atom. The Labute approximate surface area is 167 Å². The van der Waals surface area contributed by atoms with Crippen molar-refractivity contribution in [3.63, 3.8) is 0 Å². The van der Waals surface area contributed by atoms with Crippen LogP contribution in [0.5, 0.6) is 0 Å². The maximum Gasteiger partial charge on any atom is 0.322 e. The van der Waals surface area contributed by atoms with Gasteiger partial charge >= 0.3 is 6.01 Å². The van der Waals surface area contributed by atoms with Gasteiger partial charge in [-0.05, 0) is 36.8 Å². The minimum atomic E-state index is -0.375. The summed E-state index contributed by atoms with van der Waals surface area (Å²) in [6.07, 6.45) is 0.489. The van der Waals surface area contributed by atoms with Gasteiger partial charge in [0, 0.05) is 21.3 Å². The highest BCUT2D eigenvalue weighted by atomic mass is 32.2. The van der Waals surface area contributed by atoms with Gasteiger partial charge in [0.2, 0.25) is 5.89 Å². The average molecular weight is 395 g/mol. The van der Waals surface area contributed by atoms with Crippen LogP contribution in [-0.4, -0.2) is 27.1 Å². The van der Waals surface area contributed by atoms with E-state index in [-0.39, 0.29) is 17.7 Å². The molecule has 1 aromatic heterocycles. The van der Waals surface area contributed by atoms with Gasteiger partial charge < -0.3 is 4.42 Å². The molecule has 3 rings (SSSR count). The number of thioether (sulfide) groups is 1. The molecule has 0 radical (unpaired) electrons. The summed E-state index contributed by atoms with van der Waals surface area (Å²) in [4.78, 5) is 24.8. The first-order valence-corrected chi connectivity index (χ1v) is 9.79. The van der Waals surface area contributed by atoms with E-state index in [1.165, 1.54) is 11.8 Å². The number of anilines is 1. The third kappa shape index (κ3) is 5.29. The van der Waals surface area contributed by atoms with Crippen LogP contribution in [0.25, 0.3) is 0 Å². The number of hydrogen-bond acceptors (Lipinski definition) is 6. The number of amides is 1. The number of benzene rings is 2. The quantitative estimate of drug-likeness (QED) is 0.464. The van der Waals surface area contributed by atoms with E-state index in [2.05, 4.69) is 41.5 Å². The summed E-state index contributed by atoms with van der Waals surface area (Å²) < 4.78 is 5.52. The molecule has 0 aliphatic heterocycles. The smallest absolute Gasteiger partial charge is 0.322 e. The molecule has 1 amide bonds. The lowest BCUT2D eigenvalue weighted by Crippen LogP contribution is -2.12. The fourth-order valence-corrected chi connectivity index (χ4v) is 3.37. The van der Waals surface area contributed by atoms with Crippen LogP contribution in [0.1, 0.15) is 52.9 Å². The minimum Gasteiger partial charge on any atom is -0.407 e. The number of aromatic nitrogens is 2. The van der Waals surface area contributed by atoms with Crippen LogP contribution in [0, 0.1) is 0 Å². The number of carbonyl (C=O) groups excluding carboxylic acids is 2. The lowest BCUT2D eigenvalue weighted by atomic mass is 10.1. The molecular formula is C21H21N3O3S. The van der Waals surface area contributed by atoms with Gasteiger partial charge in [-0.25, -0.2) is 0 Å². The molecule has 0 unspecified atom stereocenters. The van der Waals surface area contributed by atoms with Crippen molar-refractivity contribution < 1.29 is 14.0 Å². The van der Waals surface area contributed by atoms with Gasteiger partial charge in [-0.2, -0.15) is 0 Å². The number of Topliss-reactive ketones (excluding diaryl/α,β-unsaturated/α-hetero) is 1. The Morgan fingerprint density at radius 2 is 1.64 bits per heavy atom. The van der Waals surface area contributed by atoms with E-state index < -0.39 is 0 Å². The first-order chi connectivity index (χ1) is 13.4. The molecule has 144 valence electrons. The first kappa shape index (κ1) is 19.8. The molecule has 0 saturated heterocycles. The maximum atomic E-state index is 12.3. The lowest BCUT2D eigenvalue weighted by Gasteiger charge is -2.05. The van der Waals surface area contributed by atoms with E-state index in [0.29, 0.717) is 28.7 Å². The van der Waals surface area contributed by atoms with Crippen molar-refractivity contribution in [3.8, 4) is 0 Å². The zero-order valence-electron chi connectivity index (χ0n) is 15.9. The van der Waals surface area contributed by atoms with Gasteiger partial charge in [-0.1, -0.05) is 43.2 Å². The van der Waals surface area contributed by atoms with Crippen molar-refractivity contribution in [1.29, 1.82) is 0 Å². The highest BCUT2D eigenvalue weighted by Crippen LogP contribution is 2.23. The molecule has 0 saturated carbocycles. The molecule has 7 heteroatoms. The number of hydrogen-bond donors (Lipinski definition) is 1. The zero-order chi connectivity index (χ0) is 20.1. The second-order valence-corrected chi connectivity index (χ2v) is 8.23. The van der Waals surface area contributed by atoms with Gasteiger partial charge in [-0.3, -0.25) is 14.9 Å². The third-order valence-electron chi connectivity index (χ3n) is 3.89. The summed E-state index contributed by atoms with van der Waals surface area (Å²) in [5, 5.41) is 11.0. The summed E-state index contributed by atoms with van der Waals surface area (Å²) in [7, 11) is 0. The molecule has 1 heterocycles. The second-order valence-electron chi connectivity index (χ2n) is 6.58. The molecule has 0 spiro atoms. The molecule has 1 N–H and O–H groups in total. The highest BCUT2D eigenvalue weighted by molar-refractivity contribution is 7.99. The van der Waals surface area contributed by atoms with E-state index in [4.69, 9.17) is 4.42 Å². The molecule has 0 aliphatic carbocycles. The summed E-state index contributed by atoms with van der Waals surface area (Å²) in [5.41, 5.74) is 2.01. The molecular weight excluding hydrogens is 374 g/mol. The average Bonchev–Trinajstić information content (AvgIpc) is 3.09. The Hall–Kier alpha value is -2.93. The first-order valence-electron chi connectivity index (χ1n) is 8.91. The van der Waals surface area contributed by atoms with Crippen LogP contribution in [-0.2, 0) is 6.42 Å². The minimum absolute atomic E-state index is 0.0441. The number of nitrogens with one attached hydrogen (secondary N) is 1. The molecule has 28 heavy (non-hydrogen) atoms. The van der Waals surface area contributed by atoms with E-state index in [1.807, 2.05) is 23.9 Å². The van der Waals surface area contributed by atoms with Crippen molar-refractivity contribution in [2.24, 2.45) is 0 Å². The normalized spacial score (nSPS) is 10.9. The standard InChI is InChI=1S/C21H21N3O3S/c1-13(2)28-18-10-4-15(5-11-18)12-19-23-24-21(27-19)22-20(26)17-8-6-16(7-9-17)14(3)25/h4-11,13H,12H2,1-3H3,(H,22,24,26). The second kappa shape index (κ2) is 8.84. The number of carbonyl (C=O) groups is 2. The van der Waals surface area contributed by atoms with E-state index >= 15 is 0 Å². The van der Waals surface area contributed by atoms with E-state index in [0.717, 1.165) is 5.56 Å². The van der Waals surface area contributed by atoms with Crippen LogP contribution in [0.3, 0.4) is 0 Å². The number of nitrogens with zero attached hydrogens (tertiary/aromatic N) is 2. The Bertz CT molecular complexity index is 963. The van der Waals surface area contributed by atoms with Crippen LogP contribution < -0.4 is 5.32 Å². The van der Waals surface area contributed by atoms with Gasteiger partial charge in [0.1, 0.15) is 0 Å². The SMILES string of the molecule is CC(=O)c1ccc(C(=O)Nc2nnc(Cc3ccc(SC(C)C)cc3)o2)cc1. The van der Waals surface area contributed by atoms with E-state index in [1.54, 1.807) is 24.3 Å². The molecule has 6 nitrogen and oxygen atoms in total. The monoisotopic (exact) mass is 395 g/mol. The molecule has 0 aliphatic rings. The fraction of sp³-hybridized carbons (Fsp3) is 0.238. The number of ketones is 1. The topological polar surface area (TPSA) is 85.1 Å². The predicted molar refractivity (Wildman–Crippen MR) is 109 cm³/mol. The van der Waals surface area contributed by atoms with Crippen molar-refractivity contribution >= 4 is 29.5 Å². The maximum absolute atomic E-state index is 12.3. The summed E-state index contributed by atoms with van der Waals surface area (Å²) in [6.45, 7) is 5.79. The van der Waals surface area contributed by atoms with Gasteiger partial charge in [0.25, 0.3) is 5.91 Å². The number of rotatable bonds is 7. The van der Waals surface area contributed by atoms with Crippen LogP contribution in [0.15, 0.2) is 57.8 Å². The largest absolute Gasteiger partial charge is 0.407 e. The lowest BCUT2D eigenvalue weighted by molar-refractivity contribution is 0.100. The zero-order valence-corrected chi connectivity index (χ0v) is 16.7. The molecule has 2 aromatic carbocycles. The van der Waals surface area contributed by atoms with Crippen molar-refractivity contribution in [2.75, 3.05) is 5.32 Å².